The zero-order valence-electron chi connectivity index (χ0n) is 10.9. The first-order chi connectivity index (χ1) is 9.13. The molecular formula is C14H16ClNO2S. The van der Waals surface area contributed by atoms with E-state index in [2.05, 4.69) is 0 Å². The van der Waals surface area contributed by atoms with Gasteiger partial charge in [0.1, 0.15) is 11.5 Å². The summed E-state index contributed by atoms with van der Waals surface area (Å²) < 4.78 is 11.4. The van der Waals surface area contributed by atoms with Gasteiger partial charge in [0.25, 0.3) is 0 Å². The molecule has 0 spiro atoms. The Balaban J connectivity index is 2.23. The number of ether oxygens (including phenoxy) is 2. The van der Waals surface area contributed by atoms with Crippen molar-refractivity contribution in [2.75, 3.05) is 14.2 Å². The molecule has 1 heterocycles. The molecule has 1 aromatic heterocycles. The molecule has 0 aliphatic heterocycles. The second kappa shape index (κ2) is 6.28. The van der Waals surface area contributed by atoms with E-state index in [1.54, 1.807) is 25.6 Å². The Morgan fingerprint density at radius 1 is 1.21 bits per heavy atom. The second-order valence-electron chi connectivity index (χ2n) is 4.12. The van der Waals surface area contributed by atoms with Crippen LogP contribution in [-0.2, 0) is 6.42 Å². The lowest BCUT2D eigenvalue weighted by molar-refractivity contribution is 0.395. The largest absolute Gasteiger partial charge is 0.497 e. The van der Waals surface area contributed by atoms with Crippen LogP contribution in [0, 0.1) is 0 Å². The molecule has 0 bridgehead atoms. The van der Waals surface area contributed by atoms with E-state index in [0.717, 1.165) is 32.7 Å². The maximum Gasteiger partial charge on any atom is 0.123 e. The third kappa shape index (κ3) is 3.41. The Morgan fingerprint density at radius 2 is 2.00 bits per heavy atom. The number of rotatable bonds is 5. The summed E-state index contributed by atoms with van der Waals surface area (Å²) in [4.78, 5) is 1.15. The Hall–Kier alpha value is -1.23. The van der Waals surface area contributed by atoms with Gasteiger partial charge in [-0.2, -0.15) is 0 Å². The molecule has 0 saturated carbocycles. The molecule has 1 aromatic carbocycles. The summed E-state index contributed by atoms with van der Waals surface area (Å²) in [5.41, 5.74) is 7.20. The van der Waals surface area contributed by atoms with Crippen molar-refractivity contribution in [1.82, 2.24) is 0 Å². The zero-order valence-corrected chi connectivity index (χ0v) is 12.4. The molecule has 0 aliphatic carbocycles. The maximum absolute atomic E-state index is 6.26. The van der Waals surface area contributed by atoms with Crippen molar-refractivity contribution in [2.24, 2.45) is 5.73 Å². The first-order valence-corrected chi connectivity index (χ1v) is 7.05. The molecule has 19 heavy (non-hydrogen) atoms. The summed E-state index contributed by atoms with van der Waals surface area (Å²) in [7, 11) is 3.27. The van der Waals surface area contributed by atoms with Crippen LogP contribution in [0.15, 0.2) is 30.3 Å². The predicted molar refractivity (Wildman–Crippen MR) is 79.5 cm³/mol. The Kier molecular flexibility index (Phi) is 4.69. The van der Waals surface area contributed by atoms with Gasteiger partial charge < -0.3 is 15.2 Å². The molecule has 0 saturated heterocycles. The van der Waals surface area contributed by atoms with Crippen molar-refractivity contribution < 1.29 is 9.47 Å². The van der Waals surface area contributed by atoms with E-state index in [0.29, 0.717) is 0 Å². The topological polar surface area (TPSA) is 44.5 Å². The first kappa shape index (κ1) is 14.2. The van der Waals surface area contributed by atoms with Gasteiger partial charge in [0.2, 0.25) is 0 Å². The molecule has 2 rings (SSSR count). The second-order valence-corrected chi connectivity index (χ2v) is 5.92. The van der Waals surface area contributed by atoms with Gasteiger partial charge in [-0.25, -0.2) is 0 Å². The SMILES string of the molecule is COc1ccc(OC)c(C(N)Cc2ccc(Cl)s2)c1. The number of halogens is 1. The molecular weight excluding hydrogens is 282 g/mol. The predicted octanol–water partition coefficient (Wildman–Crippen LogP) is 3.66. The molecule has 3 nitrogen and oxygen atoms in total. The molecule has 1 atom stereocenters. The fourth-order valence-electron chi connectivity index (χ4n) is 1.92. The van der Waals surface area contributed by atoms with E-state index in [4.69, 9.17) is 26.8 Å². The highest BCUT2D eigenvalue weighted by atomic mass is 35.5. The van der Waals surface area contributed by atoms with Crippen LogP contribution in [0.4, 0.5) is 0 Å². The van der Waals surface area contributed by atoms with Crippen LogP contribution in [0.1, 0.15) is 16.5 Å². The maximum atomic E-state index is 6.26. The zero-order chi connectivity index (χ0) is 13.8. The van der Waals surface area contributed by atoms with Crippen LogP contribution in [-0.4, -0.2) is 14.2 Å². The molecule has 5 heteroatoms. The summed E-state index contributed by atoms with van der Waals surface area (Å²) in [6.07, 6.45) is 0.723. The Labute approximate surface area is 121 Å². The molecule has 0 amide bonds. The number of methoxy groups -OCH3 is 2. The monoisotopic (exact) mass is 297 g/mol. The lowest BCUT2D eigenvalue weighted by Crippen LogP contribution is -2.14. The molecule has 0 radical (unpaired) electrons. The van der Waals surface area contributed by atoms with Gasteiger partial charge >= 0.3 is 0 Å². The van der Waals surface area contributed by atoms with Crippen LogP contribution < -0.4 is 15.2 Å². The number of hydrogen-bond donors (Lipinski definition) is 1. The van der Waals surface area contributed by atoms with E-state index in [1.807, 2.05) is 30.3 Å². The smallest absolute Gasteiger partial charge is 0.123 e. The van der Waals surface area contributed by atoms with Crippen LogP contribution in [0.2, 0.25) is 4.34 Å². The van der Waals surface area contributed by atoms with Crippen molar-refractivity contribution >= 4 is 22.9 Å². The lowest BCUT2D eigenvalue weighted by Gasteiger charge is -2.16. The summed E-state index contributed by atoms with van der Waals surface area (Å²) in [6.45, 7) is 0. The van der Waals surface area contributed by atoms with E-state index < -0.39 is 0 Å². The lowest BCUT2D eigenvalue weighted by atomic mass is 10.0. The normalized spacial score (nSPS) is 12.2. The average Bonchev–Trinajstić information content (AvgIpc) is 2.83. The molecule has 2 aromatic rings. The van der Waals surface area contributed by atoms with Crippen molar-refractivity contribution in [3.63, 3.8) is 0 Å². The molecule has 1 unspecified atom stereocenters. The van der Waals surface area contributed by atoms with Crippen LogP contribution in [0.3, 0.4) is 0 Å². The summed E-state index contributed by atoms with van der Waals surface area (Å²) >= 11 is 7.48. The number of nitrogens with two attached hydrogens (primary N) is 1. The standard InChI is InChI=1S/C14H16ClNO2S/c1-17-9-3-5-13(18-2)11(7-9)12(16)8-10-4-6-14(15)19-10/h3-7,12H,8,16H2,1-2H3. The van der Waals surface area contributed by atoms with Crippen LogP contribution in [0.25, 0.3) is 0 Å². The third-order valence-electron chi connectivity index (χ3n) is 2.89. The average molecular weight is 298 g/mol. The van der Waals surface area contributed by atoms with Gasteiger partial charge in [0.15, 0.2) is 0 Å². The van der Waals surface area contributed by atoms with Gasteiger partial charge in [0.05, 0.1) is 18.6 Å². The van der Waals surface area contributed by atoms with Crippen molar-refractivity contribution in [3.8, 4) is 11.5 Å². The van der Waals surface area contributed by atoms with E-state index in [-0.39, 0.29) is 6.04 Å². The molecule has 0 fully saturated rings. The van der Waals surface area contributed by atoms with Crippen LogP contribution >= 0.6 is 22.9 Å². The Morgan fingerprint density at radius 3 is 2.58 bits per heavy atom. The molecule has 102 valence electrons. The van der Waals surface area contributed by atoms with Gasteiger partial charge in [-0.3, -0.25) is 0 Å². The fraction of sp³-hybridized carbons (Fsp3) is 0.286. The van der Waals surface area contributed by atoms with Gasteiger partial charge in [0, 0.05) is 22.9 Å². The van der Waals surface area contributed by atoms with Crippen molar-refractivity contribution in [3.05, 3.63) is 45.1 Å². The minimum absolute atomic E-state index is 0.153. The molecule has 0 aliphatic rings. The number of benzene rings is 1. The highest BCUT2D eigenvalue weighted by Gasteiger charge is 2.14. The molecule has 2 N–H and O–H groups in total. The van der Waals surface area contributed by atoms with Gasteiger partial charge in [-0.15, -0.1) is 11.3 Å². The van der Waals surface area contributed by atoms with Gasteiger partial charge in [-0.1, -0.05) is 11.6 Å². The number of thiophene rings is 1. The number of hydrogen-bond acceptors (Lipinski definition) is 4. The van der Waals surface area contributed by atoms with Gasteiger partial charge in [-0.05, 0) is 30.3 Å². The summed E-state index contributed by atoms with van der Waals surface area (Å²) in [5, 5.41) is 0. The minimum atomic E-state index is -0.153. The van der Waals surface area contributed by atoms with E-state index in [1.165, 1.54) is 0 Å². The summed E-state index contributed by atoms with van der Waals surface area (Å²) in [5.74, 6) is 1.55. The highest BCUT2D eigenvalue weighted by molar-refractivity contribution is 7.16. The quantitative estimate of drug-likeness (QED) is 0.916. The van der Waals surface area contributed by atoms with E-state index in [9.17, 15) is 0 Å². The first-order valence-electron chi connectivity index (χ1n) is 5.85. The fourth-order valence-corrected chi connectivity index (χ4v) is 3.06. The van der Waals surface area contributed by atoms with Crippen molar-refractivity contribution in [2.45, 2.75) is 12.5 Å². The highest BCUT2D eigenvalue weighted by Crippen LogP contribution is 2.32. The van der Waals surface area contributed by atoms with Crippen LogP contribution in [0.5, 0.6) is 11.5 Å². The minimum Gasteiger partial charge on any atom is -0.497 e. The Bertz CT molecular complexity index is 556. The van der Waals surface area contributed by atoms with E-state index >= 15 is 0 Å². The summed E-state index contributed by atoms with van der Waals surface area (Å²) in [6, 6.07) is 9.38. The van der Waals surface area contributed by atoms with Crippen molar-refractivity contribution in [1.29, 1.82) is 0 Å². The third-order valence-corrected chi connectivity index (χ3v) is 4.14.